The van der Waals surface area contributed by atoms with E-state index < -0.39 is 23.4 Å². The summed E-state index contributed by atoms with van der Waals surface area (Å²) in [6.07, 6.45) is 1.35. The molecular formula is C13H5ClF2N2O2. The first-order chi connectivity index (χ1) is 9.50. The number of carbonyl (C=O) groups excluding carboxylic acids is 2. The molecule has 0 unspecified atom stereocenters. The van der Waals surface area contributed by atoms with Crippen molar-refractivity contribution in [2.24, 2.45) is 0 Å². The van der Waals surface area contributed by atoms with Crippen molar-refractivity contribution in [3.05, 3.63) is 58.2 Å². The average molecular weight is 295 g/mol. The molecule has 100 valence electrons. The van der Waals surface area contributed by atoms with Crippen molar-refractivity contribution in [3.63, 3.8) is 0 Å². The molecule has 2 amide bonds. The van der Waals surface area contributed by atoms with Crippen molar-refractivity contribution >= 4 is 29.2 Å². The molecule has 1 aliphatic heterocycles. The van der Waals surface area contributed by atoms with Crippen molar-refractivity contribution in [1.82, 2.24) is 4.98 Å². The van der Waals surface area contributed by atoms with E-state index in [2.05, 4.69) is 4.98 Å². The summed E-state index contributed by atoms with van der Waals surface area (Å²) in [6.45, 7) is 0. The van der Waals surface area contributed by atoms with Crippen LogP contribution in [-0.4, -0.2) is 16.8 Å². The van der Waals surface area contributed by atoms with E-state index in [4.69, 9.17) is 11.6 Å². The number of aromatic nitrogens is 1. The monoisotopic (exact) mass is 294 g/mol. The van der Waals surface area contributed by atoms with Crippen LogP contribution in [0.4, 0.5) is 14.6 Å². The molecule has 1 aromatic heterocycles. The first kappa shape index (κ1) is 12.7. The molecule has 0 atom stereocenters. The lowest BCUT2D eigenvalue weighted by molar-refractivity contribution is 0.0925. The molecule has 0 spiro atoms. The van der Waals surface area contributed by atoms with Gasteiger partial charge in [0.1, 0.15) is 0 Å². The largest absolute Gasteiger partial charge is 0.268 e. The van der Waals surface area contributed by atoms with E-state index in [1.807, 2.05) is 0 Å². The lowest BCUT2D eigenvalue weighted by Crippen LogP contribution is -2.30. The molecule has 4 nitrogen and oxygen atoms in total. The SMILES string of the molecule is O=C1c2cc(F)c(F)cc2C(=O)N1c1ncccc1Cl. The second-order valence-electron chi connectivity index (χ2n) is 4.07. The molecule has 2 heterocycles. The van der Waals surface area contributed by atoms with Crippen molar-refractivity contribution in [1.29, 1.82) is 0 Å². The van der Waals surface area contributed by atoms with Crippen LogP contribution in [0.3, 0.4) is 0 Å². The van der Waals surface area contributed by atoms with Crippen LogP contribution in [0.1, 0.15) is 20.7 Å². The summed E-state index contributed by atoms with van der Waals surface area (Å²) in [7, 11) is 0. The van der Waals surface area contributed by atoms with Crippen LogP contribution in [0, 0.1) is 11.6 Å². The Hall–Kier alpha value is -2.34. The number of rotatable bonds is 1. The second-order valence-corrected chi connectivity index (χ2v) is 4.47. The summed E-state index contributed by atoms with van der Waals surface area (Å²) in [6, 6.07) is 4.38. The Balaban J connectivity index is 2.17. The molecule has 20 heavy (non-hydrogen) atoms. The zero-order valence-corrected chi connectivity index (χ0v) is 10.5. The Labute approximate surface area is 116 Å². The van der Waals surface area contributed by atoms with Crippen LogP contribution in [-0.2, 0) is 0 Å². The van der Waals surface area contributed by atoms with E-state index >= 15 is 0 Å². The Bertz CT molecular complexity index is 723. The van der Waals surface area contributed by atoms with Gasteiger partial charge < -0.3 is 0 Å². The van der Waals surface area contributed by atoms with Crippen LogP contribution >= 0.6 is 11.6 Å². The van der Waals surface area contributed by atoms with Gasteiger partial charge >= 0.3 is 0 Å². The highest BCUT2D eigenvalue weighted by atomic mass is 35.5. The molecule has 0 radical (unpaired) electrons. The fraction of sp³-hybridized carbons (Fsp3) is 0. The molecule has 0 saturated heterocycles. The van der Waals surface area contributed by atoms with Crippen LogP contribution in [0.15, 0.2) is 30.5 Å². The Morgan fingerprint density at radius 1 is 1.05 bits per heavy atom. The van der Waals surface area contributed by atoms with E-state index in [1.54, 1.807) is 0 Å². The number of fused-ring (bicyclic) bond motifs is 1. The molecule has 0 aliphatic carbocycles. The normalized spacial score (nSPS) is 13.8. The number of amides is 2. The molecule has 3 rings (SSSR count). The fourth-order valence-corrected chi connectivity index (χ4v) is 2.17. The maximum Gasteiger partial charge on any atom is 0.267 e. The minimum absolute atomic E-state index is 0.0683. The van der Waals surface area contributed by atoms with Crippen molar-refractivity contribution in [2.75, 3.05) is 4.90 Å². The van der Waals surface area contributed by atoms with Gasteiger partial charge in [0.25, 0.3) is 11.8 Å². The number of carbonyl (C=O) groups is 2. The van der Waals surface area contributed by atoms with Gasteiger partial charge in [-0.2, -0.15) is 0 Å². The van der Waals surface area contributed by atoms with Crippen molar-refractivity contribution in [2.45, 2.75) is 0 Å². The third-order valence-electron chi connectivity index (χ3n) is 2.88. The van der Waals surface area contributed by atoms with E-state index in [9.17, 15) is 18.4 Å². The zero-order chi connectivity index (χ0) is 14.4. The maximum atomic E-state index is 13.2. The minimum atomic E-state index is -1.20. The van der Waals surface area contributed by atoms with Gasteiger partial charge in [-0.05, 0) is 24.3 Å². The summed E-state index contributed by atoms with van der Waals surface area (Å²) in [5, 5.41) is 0.0861. The van der Waals surface area contributed by atoms with E-state index in [0.29, 0.717) is 17.0 Å². The van der Waals surface area contributed by atoms with Crippen LogP contribution in [0.5, 0.6) is 0 Å². The summed E-state index contributed by atoms with van der Waals surface area (Å²) >= 11 is 5.88. The first-order valence-electron chi connectivity index (χ1n) is 5.49. The summed E-state index contributed by atoms with van der Waals surface area (Å²) in [5.41, 5.74) is -0.425. The van der Waals surface area contributed by atoms with Gasteiger partial charge in [0.15, 0.2) is 17.5 Å². The molecule has 7 heteroatoms. The molecule has 0 saturated carbocycles. The third kappa shape index (κ3) is 1.69. The third-order valence-corrected chi connectivity index (χ3v) is 3.17. The lowest BCUT2D eigenvalue weighted by atomic mass is 10.1. The Kier molecular flexibility index (Phi) is 2.76. The van der Waals surface area contributed by atoms with Gasteiger partial charge in [-0.3, -0.25) is 9.59 Å². The van der Waals surface area contributed by atoms with E-state index in [1.165, 1.54) is 18.3 Å². The molecular weight excluding hydrogens is 290 g/mol. The first-order valence-corrected chi connectivity index (χ1v) is 5.87. The van der Waals surface area contributed by atoms with Gasteiger partial charge in [-0.25, -0.2) is 18.7 Å². The lowest BCUT2D eigenvalue weighted by Gasteiger charge is -2.13. The fourth-order valence-electron chi connectivity index (χ4n) is 1.97. The maximum absolute atomic E-state index is 13.2. The number of pyridine rings is 1. The van der Waals surface area contributed by atoms with Crippen molar-refractivity contribution in [3.8, 4) is 0 Å². The van der Waals surface area contributed by atoms with Gasteiger partial charge in [-0.1, -0.05) is 11.6 Å². The quantitative estimate of drug-likeness (QED) is 0.760. The molecule has 1 aliphatic rings. The predicted molar refractivity (Wildman–Crippen MR) is 66.7 cm³/mol. The van der Waals surface area contributed by atoms with E-state index in [0.717, 1.165) is 0 Å². The topological polar surface area (TPSA) is 50.3 Å². The Morgan fingerprint density at radius 3 is 2.10 bits per heavy atom. The van der Waals surface area contributed by atoms with Crippen LogP contribution in [0.25, 0.3) is 0 Å². The van der Waals surface area contributed by atoms with Crippen LogP contribution < -0.4 is 4.90 Å². The molecule has 0 N–H and O–H groups in total. The molecule has 0 bridgehead atoms. The number of hydrogen-bond acceptors (Lipinski definition) is 3. The number of imide groups is 1. The summed E-state index contributed by atoms with van der Waals surface area (Å²) in [4.78, 5) is 28.8. The minimum Gasteiger partial charge on any atom is -0.268 e. The van der Waals surface area contributed by atoms with Gasteiger partial charge in [-0.15, -0.1) is 0 Å². The Morgan fingerprint density at radius 2 is 1.60 bits per heavy atom. The van der Waals surface area contributed by atoms with Gasteiger partial charge in [0.05, 0.1) is 16.1 Å². The second kappa shape index (κ2) is 4.35. The highest BCUT2D eigenvalue weighted by Crippen LogP contribution is 2.32. The van der Waals surface area contributed by atoms with Crippen LogP contribution in [0.2, 0.25) is 5.02 Å². The highest BCUT2D eigenvalue weighted by Gasteiger charge is 2.39. The number of hydrogen-bond donors (Lipinski definition) is 0. The highest BCUT2D eigenvalue weighted by molar-refractivity contribution is 6.39. The molecule has 2 aromatic rings. The smallest absolute Gasteiger partial charge is 0.267 e. The predicted octanol–water partition coefficient (Wildman–Crippen LogP) is 2.81. The van der Waals surface area contributed by atoms with E-state index in [-0.39, 0.29) is 22.0 Å². The average Bonchev–Trinajstić information content (AvgIpc) is 2.64. The zero-order valence-electron chi connectivity index (χ0n) is 9.73. The number of nitrogens with zero attached hydrogens (tertiary/aromatic N) is 2. The molecule has 0 fully saturated rings. The number of halogens is 3. The standard InChI is InChI=1S/C13H5ClF2N2O2/c14-8-2-1-3-17-11(8)18-12(19)6-4-9(15)10(16)5-7(6)13(18)20/h1-5H. The number of benzene rings is 1. The summed E-state index contributed by atoms with van der Waals surface area (Å²) in [5.74, 6) is -4.03. The van der Waals surface area contributed by atoms with Gasteiger partial charge in [0.2, 0.25) is 0 Å². The molecule has 1 aromatic carbocycles. The van der Waals surface area contributed by atoms with Crippen molar-refractivity contribution < 1.29 is 18.4 Å². The number of anilines is 1. The van der Waals surface area contributed by atoms with Gasteiger partial charge in [0, 0.05) is 6.20 Å². The summed E-state index contributed by atoms with van der Waals surface area (Å²) < 4.78 is 26.4.